The fourth-order valence-corrected chi connectivity index (χ4v) is 20.8. The minimum atomic E-state index is -0.104. The minimum absolute atomic E-state index is 0.104. The highest BCUT2D eigenvalue weighted by Crippen LogP contribution is 2.73. The van der Waals surface area contributed by atoms with Gasteiger partial charge in [0.25, 0.3) is 0 Å². The van der Waals surface area contributed by atoms with Crippen LogP contribution < -0.4 is 10.4 Å². The number of hydrogen-bond acceptors (Lipinski definition) is 0. The van der Waals surface area contributed by atoms with Crippen molar-refractivity contribution < 1.29 is 0 Å². The molecular weight excluding hydrogens is 884 g/mol. The van der Waals surface area contributed by atoms with Crippen molar-refractivity contribution in [1.29, 1.82) is 0 Å². The molecule has 10 aliphatic carbocycles. The molecule has 296 valence electrons. The van der Waals surface area contributed by atoms with Gasteiger partial charge in [0.05, 0.1) is 3.42 Å². The number of rotatable bonds is 1. The van der Waals surface area contributed by atoms with Crippen LogP contribution in [-0.4, -0.2) is 0 Å². The molecule has 0 aliphatic heterocycles. The molecule has 1 heteroatoms. The lowest BCUT2D eigenvalue weighted by Gasteiger charge is -2.42. The maximum absolute atomic E-state index is 2.91. The second-order valence-corrected chi connectivity index (χ2v) is 24.5. The van der Waals surface area contributed by atoms with Crippen LogP contribution in [0.25, 0.3) is 103 Å². The first-order valence-electron chi connectivity index (χ1n) is 24.5. The summed E-state index contributed by atoms with van der Waals surface area (Å²) < 4.78 is -0.104. The molecule has 21 rings (SSSR count). The normalized spacial score (nSPS) is 33.3. The first kappa shape index (κ1) is 31.4. The van der Waals surface area contributed by atoms with E-state index in [0.29, 0.717) is 59.2 Å². The average Bonchev–Trinajstić information content (AvgIpc) is 4.17. The Bertz CT molecular complexity index is 4520. The van der Waals surface area contributed by atoms with E-state index in [0.717, 1.165) is 12.8 Å². The Morgan fingerprint density at radius 2 is 1.30 bits per heavy atom. The van der Waals surface area contributed by atoms with E-state index in [4.69, 9.17) is 0 Å². The zero-order valence-corrected chi connectivity index (χ0v) is 37.5. The average molecular weight is 921 g/mol. The molecule has 0 bridgehead atoms. The fourth-order valence-electron chi connectivity index (χ4n) is 19.4. The maximum Gasteiger partial charge on any atom is 0.0793 e. The third-order valence-electron chi connectivity index (χ3n) is 21.0. The predicted octanol–water partition coefficient (Wildman–Crippen LogP) is 13.9. The summed E-state index contributed by atoms with van der Waals surface area (Å²) >= 11 is 2.91. The van der Waals surface area contributed by atoms with E-state index < -0.39 is 0 Å². The van der Waals surface area contributed by atoms with Crippen LogP contribution in [0.3, 0.4) is 0 Å². The van der Waals surface area contributed by atoms with Crippen molar-refractivity contribution in [3.05, 3.63) is 169 Å². The van der Waals surface area contributed by atoms with Gasteiger partial charge in [-0.05, 0) is 209 Å². The van der Waals surface area contributed by atoms with Crippen LogP contribution in [0.5, 0.6) is 0 Å². The van der Waals surface area contributed by atoms with Crippen molar-refractivity contribution in [1.82, 2.24) is 0 Å². The van der Waals surface area contributed by atoms with Crippen molar-refractivity contribution >= 4 is 126 Å². The molecule has 10 unspecified atom stereocenters. The highest BCUT2D eigenvalue weighted by molar-refractivity contribution is 14.1. The monoisotopic (exact) mass is 920 g/mol. The highest BCUT2D eigenvalue weighted by atomic mass is 127. The molecule has 0 nitrogen and oxygen atoms in total. The number of benzene rings is 7. The van der Waals surface area contributed by atoms with Crippen LogP contribution in [0.2, 0.25) is 0 Å². The van der Waals surface area contributed by atoms with Gasteiger partial charge in [-0.25, -0.2) is 0 Å². The van der Waals surface area contributed by atoms with Crippen LogP contribution in [0.15, 0.2) is 103 Å². The van der Waals surface area contributed by atoms with E-state index in [2.05, 4.69) is 140 Å². The molecule has 1 saturated carbocycles. The third kappa shape index (κ3) is 2.66. The number of halogens is 1. The number of alkyl halides is 1. The lowest BCUT2D eigenvalue weighted by molar-refractivity contribution is 0.337. The summed E-state index contributed by atoms with van der Waals surface area (Å²) in [6.07, 6.45) is 20.7. The molecule has 11 aromatic carbocycles. The first-order chi connectivity index (χ1) is 31.5. The summed E-state index contributed by atoms with van der Waals surface area (Å²) in [5.41, 5.74) is 21.1. The van der Waals surface area contributed by atoms with Crippen molar-refractivity contribution in [3.8, 4) is 0 Å². The van der Waals surface area contributed by atoms with Crippen LogP contribution >= 0.6 is 22.6 Å². The summed E-state index contributed by atoms with van der Waals surface area (Å²) in [5, 5.41) is 29.5. The van der Waals surface area contributed by atoms with Gasteiger partial charge in [0.2, 0.25) is 0 Å². The van der Waals surface area contributed by atoms with Crippen LogP contribution in [0.4, 0.5) is 0 Å². The van der Waals surface area contributed by atoms with E-state index in [1.165, 1.54) is 44.0 Å². The lowest BCUT2D eigenvalue weighted by atomic mass is 9.61. The molecule has 0 saturated heterocycles. The smallest absolute Gasteiger partial charge is 0.0793 e. The van der Waals surface area contributed by atoms with Gasteiger partial charge in [-0.15, -0.1) is 0 Å². The third-order valence-corrected chi connectivity index (χ3v) is 23.0. The molecular formula is C63H37I. The highest BCUT2D eigenvalue weighted by Gasteiger charge is 2.61. The first-order valence-corrected chi connectivity index (χ1v) is 25.6. The van der Waals surface area contributed by atoms with Crippen LogP contribution in [0.1, 0.15) is 86.2 Å². The van der Waals surface area contributed by atoms with Crippen LogP contribution in [-0.2, 0) is 16.3 Å². The van der Waals surface area contributed by atoms with Crippen molar-refractivity contribution in [3.63, 3.8) is 0 Å². The largest absolute Gasteiger partial charge is 0.0836 e. The van der Waals surface area contributed by atoms with Gasteiger partial charge in [-0.3, -0.25) is 0 Å². The summed E-state index contributed by atoms with van der Waals surface area (Å²) in [5.74, 6) is 5.18. The van der Waals surface area contributed by atoms with Gasteiger partial charge in [-0.2, -0.15) is 0 Å². The van der Waals surface area contributed by atoms with Gasteiger partial charge in [0.15, 0.2) is 0 Å². The number of fused-ring (bicyclic) bond motifs is 12. The zero-order valence-electron chi connectivity index (χ0n) is 35.4. The van der Waals surface area contributed by atoms with Crippen molar-refractivity contribution in [2.45, 2.75) is 53.8 Å². The van der Waals surface area contributed by atoms with E-state index in [1.807, 2.05) is 16.7 Å². The second kappa shape index (κ2) is 9.04. The Hall–Kier alpha value is -5.51. The van der Waals surface area contributed by atoms with Gasteiger partial charge in [0.1, 0.15) is 0 Å². The Morgan fingerprint density at radius 3 is 2.20 bits per heavy atom. The molecule has 0 amide bonds. The predicted molar refractivity (Wildman–Crippen MR) is 272 cm³/mol. The van der Waals surface area contributed by atoms with Crippen LogP contribution in [0, 0.1) is 42.4 Å². The van der Waals surface area contributed by atoms with Crippen molar-refractivity contribution in [2.24, 2.45) is 35.5 Å². The fraction of sp³-hybridized carbons (Fsp3) is 0.238. The van der Waals surface area contributed by atoms with Gasteiger partial charge >= 0.3 is 0 Å². The van der Waals surface area contributed by atoms with Crippen molar-refractivity contribution in [2.75, 3.05) is 0 Å². The summed E-state index contributed by atoms with van der Waals surface area (Å²) in [7, 11) is 0. The molecule has 64 heavy (non-hydrogen) atoms. The molecule has 0 heterocycles. The van der Waals surface area contributed by atoms with E-state index >= 15 is 0 Å². The van der Waals surface area contributed by atoms with Gasteiger partial charge in [0, 0.05) is 29.6 Å². The number of aryl methyl sites for hydroxylation is 1. The summed E-state index contributed by atoms with van der Waals surface area (Å²) in [4.78, 5) is 0. The molecule has 0 aromatic heterocycles. The maximum atomic E-state index is 2.91. The molecule has 11 atom stereocenters. The Labute approximate surface area is 381 Å². The Balaban J connectivity index is 0.909. The van der Waals surface area contributed by atoms with Gasteiger partial charge < -0.3 is 0 Å². The molecule has 10 aliphatic rings. The number of hydrogen-bond donors (Lipinski definition) is 0. The zero-order chi connectivity index (χ0) is 40.6. The minimum Gasteiger partial charge on any atom is -0.0836 e. The lowest BCUT2D eigenvalue weighted by Crippen LogP contribution is -2.34. The SMILES string of the molecule is CC1=C[C@@H]2C(C=C1)c1ccc(C)cc1C2(I)c1ccc2c(c1)CC1C3=c4c5c6c7c8c9c%10c(c%11ccc%12c%13ccc%14c(c4c4c%14c%13c(c%12c%119)c8c64)C1C2)C=CC1C%10C=7C2C1C=CC3C52. The molecule has 1 fully saturated rings. The summed E-state index contributed by atoms with van der Waals surface area (Å²) in [6.45, 7) is 4.59. The Kier molecular flexibility index (Phi) is 4.43. The molecule has 0 spiro atoms. The Morgan fingerprint density at radius 1 is 0.531 bits per heavy atom. The molecule has 0 radical (unpaired) electrons. The van der Waals surface area contributed by atoms with Gasteiger partial charge in [-0.1, -0.05) is 142 Å². The standard InChI is InChI=1S/C63H37I/c1-22-3-7-27-28-8-4-23(2)18-40(28)63(64,39(27)17-22)26-6-5-24-20-37-38(21-25(24)19-26)42-36-16-14-34-32-12-10-30-29-9-11-31-33-13-15-35-41(37)51-52(42)57-50(36)48(34)55-46(32)44(30)53-43(29)45(31)54-47(33)49(35)56(51)61-59(54)58(53)60(55)62(57)61/h3-19,27,32,34,36-39,46,48,50H,20-21H2,1-2H3/t27?,32?,34?,36?,37?,38?,39-,46?,48?,50?,63?/m1/s1. The quantitative estimate of drug-likeness (QED) is 0.0666. The van der Waals surface area contributed by atoms with E-state index in [9.17, 15) is 0 Å². The second-order valence-electron chi connectivity index (χ2n) is 22.8. The summed E-state index contributed by atoms with van der Waals surface area (Å²) in [6, 6.07) is 25.5. The topological polar surface area (TPSA) is 0 Å². The van der Waals surface area contributed by atoms with E-state index in [1.54, 1.807) is 108 Å². The molecule has 0 N–H and O–H groups in total. The van der Waals surface area contributed by atoms with E-state index in [-0.39, 0.29) is 3.42 Å². The number of allylic oxidation sites excluding steroid dienone is 7. The molecule has 11 aromatic rings.